The first-order valence-electron chi connectivity index (χ1n) is 5.78. The summed E-state index contributed by atoms with van der Waals surface area (Å²) in [6.45, 7) is 1.13. The lowest BCUT2D eigenvalue weighted by Crippen LogP contribution is -2.41. The number of halogens is 1. The number of nitrogens with one attached hydrogen (secondary N) is 1. The fraction of sp³-hybridized carbons (Fsp3) is 0.538. The Balaban J connectivity index is 1.78. The first-order valence-corrected chi connectivity index (χ1v) is 7.55. The Labute approximate surface area is 107 Å². The monoisotopic (exact) mass is 255 g/mol. The molecule has 0 amide bonds. The van der Waals surface area contributed by atoms with Crippen LogP contribution in [-0.2, 0) is 0 Å². The maximum absolute atomic E-state index is 6.18. The third-order valence-corrected chi connectivity index (χ3v) is 4.18. The van der Waals surface area contributed by atoms with Crippen molar-refractivity contribution >= 4 is 23.4 Å². The number of thioether (sulfide) groups is 1. The van der Waals surface area contributed by atoms with Crippen molar-refractivity contribution in [3.05, 3.63) is 34.9 Å². The number of hydrogen-bond acceptors (Lipinski definition) is 2. The molecule has 1 aromatic rings. The van der Waals surface area contributed by atoms with Gasteiger partial charge in [0.2, 0.25) is 0 Å². The molecule has 0 saturated heterocycles. The number of hydrogen-bond donors (Lipinski definition) is 1. The largest absolute Gasteiger partial charge is 0.313 e. The van der Waals surface area contributed by atoms with Crippen LogP contribution < -0.4 is 5.32 Å². The van der Waals surface area contributed by atoms with E-state index in [4.69, 9.17) is 11.6 Å². The molecule has 0 bridgehead atoms. The Morgan fingerprint density at radius 1 is 1.38 bits per heavy atom. The van der Waals surface area contributed by atoms with Gasteiger partial charge in [-0.05, 0) is 36.6 Å². The van der Waals surface area contributed by atoms with Gasteiger partial charge in [-0.2, -0.15) is 11.8 Å². The Morgan fingerprint density at radius 2 is 2.12 bits per heavy atom. The van der Waals surface area contributed by atoms with Crippen LogP contribution in [0.1, 0.15) is 24.3 Å². The molecule has 88 valence electrons. The van der Waals surface area contributed by atoms with E-state index in [-0.39, 0.29) is 0 Å². The molecule has 1 nitrogen and oxygen atoms in total. The van der Waals surface area contributed by atoms with Crippen LogP contribution in [0.3, 0.4) is 0 Å². The van der Waals surface area contributed by atoms with Gasteiger partial charge in [-0.25, -0.2) is 0 Å². The molecule has 1 aliphatic carbocycles. The smallest absolute Gasteiger partial charge is 0.0440 e. The fourth-order valence-corrected chi connectivity index (χ4v) is 2.82. The van der Waals surface area contributed by atoms with E-state index in [9.17, 15) is 0 Å². The zero-order chi connectivity index (χ0) is 11.4. The first kappa shape index (κ1) is 12.3. The molecular formula is C13H18ClNS. The van der Waals surface area contributed by atoms with Crippen LogP contribution in [0.5, 0.6) is 0 Å². The molecule has 0 aromatic heterocycles. The molecule has 1 saturated carbocycles. The normalized spacial score (nSPS) is 24.1. The summed E-state index contributed by atoms with van der Waals surface area (Å²) in [5, 5.41) is 4.50. The lowest BCUT2D eigenvalue weighted by atomic mass is 9.76. The van der Waals surface area contributed by atoms with Gasteiger partial charge in [0.15, 0.2) is 0 Å². The topological polar surface area (TPSA) is 12.0 Å². The average Bonchev–Trinajstić information content (AvgIpc) is 2.23. The average molecular weight is 256 g/mol. The van der Waals surface area contributed by atoms with Gasteiger partial charge in [-0.15, -0.1) is 0 Å². The van der Waals surface area contributed by atoms with E-state index < -0.39 is 0 Å². The quantitative estimate of drug-likeness (QED) is 0.808. The minimum Gasteiger partial charge on any atom is -0.313 e. The predicted octanol–water partition coefficient (Wildman–Crippen LogP) is 3.54. The van der Waals surface area contributed by atoms with Crippen LogP contribution in [-0.4, -0.2) is 24.6 Å². The minimum atomic E-state index is 0.667. The van der Waals surface area contributed by atoms with Crippen molar-refractivity contribution < 1.29 is 0 Å². The zero-order valence-electron chi connectivity index (χ0n) is 9.58. The standard InChI is InChI=1S/C13H18ClNS/c1-16-7-6-15-11-8-10(9-11)12-4-2-3-5-13(12)14/h2-5,10-11,15H,6-9H2,1H3. The van der Waals surface area contributed by atoms with E-state index in [1.54, 1.807) is 0 Å². The van der Waals surface area contributed by atoms with Crippen LogP contribution >= 0.6 is 23.4 Å². The lowest BCUT2D eigenvalue weighted by molar-refractivity contribution is 0.296. The summed E-state index contributed by atoms with van der Waals surface area (Å²) in [7, 11) is 0. The third kappa shape index (κ3) is 2.93. The highest BCUT2D eigenvalue weighted by Crippen LogP contribution is 2.39. The number of rotatable bonds is 5. The molecule has 1 aliphatic rings. The van der Waals surface area contributed by atoms with E-state index in [2.05, 4.69) is 23.7 Å². The molecule has 0 spiro atoms. The van der Waals surface area contributed by atoms with Crippen molar-refractivity contribution in [2.75, 3.05) is 18.6 Å². The molecule has 1 N–H and O–H groups in total. The highest BCUT2D eigenvalue weighted by Gasteiger charge is 2.30. The van der Waals surface area contributed by atoms with Gasteiger partial charge in [0.1, 0.15) is 0 Å². The highest BCUT2D eigenvalue weighted by molar-refractivity contribution is 7.98. The van der Waals surface area contributed by atoms with Gasteiger partial charge in [-0.3, -0.25) is 0 Å². The summed E-state index contributed by atoms with van der Waals surface area (Å²) in [6.07, 6.45) is 4.62. The molecule has 0 heterocycles. The molecule has 0 aliphatic heterocycles. The van der Waals surface area contributed by atoms with Gasteiger partial charge in [-0.1, -0.05) is 29.8 Å². The molecular weight excluding hydrogens is 238 g/mol. The second-order valence-electron chi connectivity index (χ2n) is 4.33. The Hall–Kier alpha value is -0.180. The van der Waals surface area contributed by atoms with Crippen LogP contribution in [0.25, 0.3) is 0 Å². The molecule has 0 unspecified atom stereocenters. The van der Waals surface area contributed by atoms with Crippen molar-refractivity contribution in [1.82, 2.24) is 5.32 Å². The van der Waals surface area contributed by atoms with Gasteiger partial charge < -0.3 is 5.32 Å². The molecule has 1 aromatic carbocycles. The fourth-order valence-electron chi connectivity index (χ4n) is 2.21. The van der Waals surface area contributed by atoms with E-state index in [0.717, 1.165) is 11.6 Å². The van der Waals surface area contributed by atoms with Gasteiger partial charge >= 0.3 is 0 Å². The van der Waals surface area contributed by atoms with Gasteiger partial charge in [0, 0.05) is 23.4 Å². The molecule has 1 fully saturated rings. The second kappa shape index (κ2) is 5.95. The van der Waals surface area contributed by atoms with Gasteiger partial charge in [0.05, 0.1) is 0 Å². The van der Waals surface area contributed by atoms with Gasteiger partial charge in [0.25, 0.3) is 0 Å². The lowest BCUT2D eigenvalue weighted by Gasteiger charge is -2.36. The predicted molar refractivity (Wildman–Crippen MR) is 73.6 cm³/mol. The summed E-state index contributed by atoms with van der Waals surface area (Å²) in [4.78, 5) is 0. The minimum absolute atomic E-state index is 0.667. The van der Waals surface area contributed by atoms with Crippen molar-refractivity contribution in [2.45, 2.75) is 24.8 Å². The van der Waals surface area contributed by atoms with Crippen molar-refractivity contribution in [1.29, 1.82) is 0 Å². The Morgan fingerprint density at radius 3 is 2.81 bits per heavy atom. The summed E-state index contributed by atoms with van der Waals surface area (Å²) in [6, 6.07) is 8.93. The zero-order valence-corrected chi connectivity index (χ0v) is 11.2. The molecule has 0 atom stereocenters. The maximum atomic E-state index is 6.18. The van der Waals surface area contributed by atoms with Crippen molar-refractivity contribution in [2.24, 2.45) is 0 Å². The van der Waals surface area contributed by atoms with E-state index in [1.165, 1.54) is 24.2 Å². The van der Waals surface area contributed by atoms with Crippen LogP contribution in [0, 0.1) is 0 Å². The van der Waals surface area contributed by atoms with Crippen LogP contribution in [0.15, 0.2) is 24.3 Å². The SMILES string of the molecule is CSCCNC1CC(c2ccccc2Cl)C1. The van der Waals surface area contributed by atoms with E-state index in [1.807, 2.05) is 23.9 Å². The molecule has 2 rings (SSSR count). The second-order valence-corrected chi connectivity index (χ2v) is 5.73. The summed E-state index contributed by atoms with van der Waals surface area (Å²) in [5.74, 6) is 1.87. The van der Waals surface area contributed by atoms with E-state index >= 15 is 0 Å². The third-order valence-electron chi connectivity index (χ3n) is 3.22. The molecule has 0 radical (unpaired) electrons. The first-order chi connectivity index (χ1) is 7.81. The Kier molecular flexibility index (Phi) is 4.56. The number of benzene rings is 1. The Bertz CT molecular complexity index is 336. The summed E-state index contributed by atoms with van der Waals surface area (Å²) in [5.41, 5.74) is 1.33. The van der Waals surface area contributed by atoms with Crippen LogP contribution in [0.4, 0.5) is 0 Å². The van der Waals surface area contributed by atoms with Crippen molar-refractivity contribution in [3.8, 4) is 0 Å². The summed E-state index contributed by atoms with van der Waals surface area (Å²) < 4.78 is 0. The van der Waals surface area contributed by atoms with Crippen molar-refractivity contribution in [3.63, 3.8) is 0 Å². The molecule has 16 heavy (non-hydrogen) atoms. The highest BCUT2D eigenvalue weighted by atomic mass is 35.5. The maximum Gasteiger partial charge on any atom is 0.0440 e. The van der Waals surface area contributed by atoms with Crippen LogP contribution in [0.2, 0.25) is 5.02 Å². The summed E-state index contributed by atoms with van der Waals surface area (Å²) >= 11 is 8.08. The van der Waals surface area contributed by atoms with E-state index in [0.29, 0.717) is 12.0 Å². The molecule has 3 heteroatoms.